The zero-order valence-corrected chi connectivity index (χ0v) is 21.7. The summed E-state index contributed by atoms with van der Waals surface area (Å²) in [6, 6.07) is 0. The van der Waals surface area contributed by atoms with Gasteiger partial charge in [-0.05, 0) is 19.3 Å². The third-order valence-electron chi connectivity index (χ3n) is 6.58. The molecule has 0 spiro atoms. The van der Waals surface area contributed by atoms with Crippen molar-refractivity contribution in [2.45, 2.75) is 155 Å². The first-order chi connectivity index (χ1) is 16.1. The Bertz CT molecular complexity index is 472. The van der Waals surface area contributed by atoms with Gasteiger partial charge in [0.15, 0.2) is 0 Å². The molecule has 0 amide bonds. The molecule has 2 N–H and O–H groups in total. The van der Waals surface area contributed by atoms with Crippen LogP contribution in [0.1, 0.15) is 155 Å². The van der Waals surface area contributed by atoms with E-state index >= 15 is 0 Å². The molecule has 0 aliphatic carbocycles. The Labute approximate surface area is 204 Å². The number of carboxylic acids is 2. The number of carbonyl (C=O) groups is 2. The molecule has 0 radical (unpaired) electrons. The highest BCUT2D eigenvalue weighted by Gasteiger charge is 2.19. The monoisotopic (exact) mass is 466 g/mol. The summed E-state index contributed by atoms with van der Waals surface area (Å²) >= 11 is 0. The summed E-state index contributed by atoms with van der Waals surface area (Å²) in [5.74, 6) is -2.89. The van der Waals surface area contributed by atoms with Crippen LogP contribution in [0.3, 0.4) is 0 Å². The number of rotatable bonds is 26. The van der Waals surface area contributed by atoms with Crippen LogP contribution in [-0.2, 0) is 9.59 Å². The van der Waals surface area contributed by atoms with Crippen molar-refractivity contribution in [3.05, 3.63) is 12.2 Å². The van der Waals surface area contributed by atoms with Gasteiger partial charge in [0.25, 0.3) is 0 Å². The predicted octanol–water partition coefficient (Wildman–Crippen LogP) is 9.32. The molecular weight excluding hydrogens is 412 g/mol. The van der Waals surface area contributed by atoms with Gasteiger partial charge in [-0.2, -0.15) is 0 Å². The lowest BCUT2D eigenvalue weighted by molar-refractivity contribution is -0.148. The second kappa shape index (κ2) is 25.3. The van der Waals surface area contributed by atoms with Crippen molar-refractivity contribution >= 4 is 11.9 Å². The topological polar surface area (TPSA) is 74.6 Å². The fraction of sp³-hybridized carbons (Fsp3) is 0.862. The van der Waals surface area contributed by atoms with Crippen molar-refractivity contribution in [2.75, 3.05) is 0 Å². The van der Waals surface area contributed by atoms with Gasteiger partial charge in [-0.25, -0.2) is 0 Å². The molecule has 0 saturated carbocycles. The molecular formula is C29H54O4. The first kappa shape index (κ1) is 31.7. The average Bonchev–Trinajstić information content (AvgIpc) is 2.78. The van der Waals surface area contributed by atoms with E-state index in [1.54, 1.807) is 0 Å². The largest absolute Gasteiger partial charge is 0.481 e. The molecule has 33 heavy (non-hydrogen) atoms. The van der Waals surface area contributed by atoms with Gasteiger partial charge >= 0.3 is 11.9 Å². The highest BCUT2D eigenvalue weighted by atomic mass is 16.4. The third-order valence-corrected chi connectivity index (χ3v) is 6.58. The standard InChI is InChI=1S/C29H54O4/c1-2-3-4-5-6-7-8-9-10-11-12-13-14-15-16-17-18-19-20-21-22-23-24-25-27(29(32)33)26-28(30)31/h23-24,27H,2-22,25-26H2,1H3,(H,30,31)(H,32,33). The van der Waals surface area contributed by atoms with Gasteiger partial charge in [-0.1, -0.05) is 141 Å². The van der Waals surface area contributed by atoms with Crippen LogP contribution in [0, 0.1) is 5.92 Å². The minimum absolute atomic E-state index is 0.306. The Morgan fingerprint density at radius 3 is 1.27 bits per heavy atom. The molecule has 0 fully saturated rings. The molecule has 0 saturated heterocycles. The zero-order chi connectivity index (χ0) is 24.4. The molecule has 0 rings (SSSR count). The number of unbranched alkanes of at least 4 members (excludes halogenated alkanes) is 20. The van der Waals surface area contributed by atoms with Crippen molar-refractivity contribution in [1.29, 1.82) is 0 Å². The Balaban J connectivity index is 3.25. The molecule has 0 aromatic carbocycles. The molecule has 0 aromatic rings. The lowest BCUT2D eigenvalue weighted by Gasteiger charge is -2.05. The smallest absolute Gasteiger partial charge is 0.307 e. The van der Waals surface area contributed by atoms with Crippen LogP contribution in [-0.4, -0.2) is 22.2 Å². The van der Waals surface area contributed by atoms with Crippen molar-refractivity contribution in [1.82, 2.24) is 0 Å². The molecule has 0 bridgehead atoms. The van der Waals surface area contributed by atoms with E-state index in [0.29, 0.717) is 6.42 Å². The summed E-state index contributed by atoms with van der Waals surface area (Å²) in [5.41, 5.74) is 0. The minimum Gasteiger partial charge on any atom is -0.481 e. The number of aliphatic carboxylic acids is 2. The summed E-state index contributed by atoms with van der Waals surface area (Å²) in [7, 11) is 0. The van der Waals surface area contributed by atoms with E-state index in [1.165, 1.54) is 122 Å². The highest BCUT2D eigenvalue weighted by molar-refractivity contribution is 5.77. The van der Waals surface area contributed by atoms with Gasteiger partial charge in [0.05, 0.1) is 12.3 Å². The first-order valence-electron chi connectivity index (χ1n) is 14.2. The SMILES string of the molecule is CCCCCCCCCCCCCCCCCCCCCCC=CCC(CC(=O)O)C(=O)O. The average molecular weight is 467 g/mol. The van der Waals surface area contributed by atoms with Crippen LogP contribution in [0.4, 0.5) is 0 Å². The Morgan fingerprint density at radius 1 is 0.576 bits per heavy atom. The predicted molar refractivity (Wildman–Crippen MR) is 140 cm³/mol. The molecule has 1 atom stereocenters. The quantitative estimate of drug-likeness (QED) is 0.0983. The molecule has 194 valence electrons. The first-order valence-corrected chi connectivity index (χ1v) is 14.2. The maximum Gasteiger partial charge on any atom is 0.307 e. The van der Waals surface area contributed by atoms with Gasteiger partial charge < -0.3 is 10.2 Å². The minimum atomic E-state index is -1.05. The van der Waals surface area contributed by atoms with Crippen molar-refractivity contribution < 1.29 is 19.8 Å². The molecule has 4 heteroatoms. The highest BCUT2D eigenvalue weighted by Crippen LogP contribution is 2.15. The van der Waals surface area contributed by atoms with Gasteiger partial charge in [-0.3, -0.25) is 9.59 Å². The normalized spacial score (nSPS) is 12.4. The summed E-state index contributed by atoms with van der Waals surface area (Å²) < 4.78 is 0. The number of hydrogen-bond donors (Lipinski definition) is 2. The van der Waals surface area contributed by atoms with E-state index < -0.39 is 17.9 Å². The van der Waals surface area contributed by atoms with Crippen LogP contribution >= 0.6 is 0 Å². The van der Waals surface area contributed by atoms with Gasteiger partial charge in [0, 0.05) is 0 Å². The van der Waals surface area contributed by atoms with Gasteiger partial charge in [-0.15, -0.1) is 0 Å². The van der Waals surface area contributed by atoms with E-state index in [4.69, 9.17) is 10.2 Å². The molecule has 1 unspecified atom stereocenters. The summed E-state index contributed by atoms with van der Waals surface area (Å²) in [6.45, 7) is 2.28. The Hall–Kier alpha value is -1.32. The number of carboxylic acid groups (broad SMARTS) is 2. The van der Waals surface area contributed by atoms with E-state index in [1.807, 2.05) is 12.2 Å². The van der Waals surface area contributed by atoms with E-state index in [-0.39, 0.29) is 6.42 Å². The second-order valence-corrected chi connectivity index (χ2v) is 9.85. The fourth-order valence-corrected chi connectivity index (χ4v) is 4.38. The fourth-order valence-electron chi connectivity index (χ4n) is 4.38. The summed E-state index contributed by atoms with van der Waals surface area (Å²) in [5, 5.41) is 17.7. The van der Waals surface area contributed by atoms with Crippen LogP contribution in [0.5, 0.6) is 0 Å². The lowest BCUT2D eigenvalue weighted by Crippen LogP contribution is -2.16. The summed E-state index contributed by atoms with van der Waals surface area (Å²) in [6.07, 6.45) is 32.4. The molecule has 0 heterocycles. The van der Waals surface area contributed by atoms with Crippen LogP contribution < -0.4 is 0 Å². The maximum atomic E-state index is 11.0. The summed E-state index contributed by atoms with van der Waals surface area (Å²) in [4.78, 5) is 21.6. The number of hydrogen-bond acceptors (Lipinski definition) is 2. The Morgan fingerprint density at radius 2 is 0.939 bits per heavy atom. The van der Waals surface area contributed by atoms with Gasteiger partial charge in [0.1, 0.15) is 0 Å². The molecule has 0 aromatic heterocycles. The zero-order valence-electron chi connectivity index (χ0n) is 21.7. The van der Waals surface area contributed by atoms with Crippen LogP contribution in [0.15, 0.2) is 12.2 Å². The van der Waals surface area contributed by atoms with E-state index in [0.717, 1.165) is 12.8 Å². The molecule has 4 nitrogen and oxygen atoms in total. The van der Waals surface area contributed by atoms with E-state index in [2.05, 4.69) is 6.92 Å². The molecule has 0 aliphatic rings. The van der Waals surface area contributed by atoms with Crippen molar-refractivity contribution in [2.24, 2.45) is 5.92 Å². The van der Waals surface area contributed by atoms with E-state index in [9.17, 15) is 9.59 Å². The Kier molecular flexibility index (Phi) is 24.3. The second-order valence-electron chi connectivity index (χ2n) is 9.85. The van der Waals surface area contributed by atoms with Crippen molar-refractivity contribution in [3.8, 4) is 0 Å². The van der Waals surface area contributed by atoms with Crippen LogP contribution in [0.2, 0.25) is 0 Å². The molecule has 0 aliphatic heterocycles. The maximum absolute atomic E-state index is 11.0. The third kappa shape index (κ3) is 25.1. The van der Waals surface area contributed by atoms with Gasteiger partial charge in [0.2, 0.25) is 0 Å². The number of allylic oxidation sites excluding steroid dienone is 2. The van der Waals surface area contributed by atoms with Crippen LogP contribution in [0.25, 0.3) is 0 Å². The lowest BCUT2D eigenvalue weighted by atomic mass is 10.0. The van der Waals surface area contributed by atoms with Crippen molar-refractivity contribution in [3.63, 3.8) is 0 Å².